The van der Waals surface area contributed by atoms with E-state index in [1.54, 1.807) is 3.61 Å². The Hall–Kier alpha value is -0.251. The van der Waals surface area contributed by atoms with Crippen molar-refractivity contribution in [2.75, 3.05) is 0 Å². The van der Waals surface area contributed by atoms with Gasteiger partial charge in [0.25, 0.3) is 0 Å². The van der Waals surface area contributed by atoms with Crippen molar-refractivity contribution in [3.63, 3.8) is 0 Å². The van der Waals surface area contributed by atoms with Gasteiger partial charge in [0, 0.05) is 0 Å². The van der Waals surface area contributed by atoms with E-state index in [9.17, 15) is 0 Å². The van der Waals surface area contributed by atoms with E-state index in [2.05, 4.69) is 81.2 Å². The minimum atomic E-state index is -0.832. The summed E-state index contributed by atoms with van der Waals surface area (Å²) in [6.07, 6.45) is 0. The fourth-order valence-corrected chi connectivity index (χ4v) is 7.52. The standard InChI is InChI=1S/C17H21SeTe/c1-17(2,3)19-16-12-10-15(11-13-16)18(4)14-8-6-5-7-9-14/h5-13H,1-4H3/q+1. The molecular formula is C17H21SeTe+. The first kappa shape index (κ1) is 15.1. The minimum absolute atomic E-state index is 0.0788. The van der Waals surface area contributed by atoms with Crippen LogP contribution >= 0.6 is 0 Å². The molecule has 0 amide bonds. The van der Waals surface area contributed by atoms with Crippen molar-refractivity contribution in [2.45, 2.75) is 30.1 Å². The molecule has 1 atom stereocenters. The molecule has 0 radical (unpaired) electrons. The molecule has 0 heterocycles. The third kappa shape index (κ3) is 4.66. The first-order valence-electron chi connectivity index (χ1n) is 6.46. The van der Waals surface area contributed by atoms with Gasteiger partial charge in [0.1, 0.15) is 0 Å². The number of hydrogen-bond donors (Lipinski definition) is 0. The average molecular weight is 432 g/mol. The van der Waals surface area contributed by atoms with E-state index >= 15 is 0 Å². The van der Waals surface area contributed by atoms with Gasteiger partial charge < -0.3 is 0 Å². The van der Waals surface area contributed by atoms with Crippen molar-refractivity contribution >= 4 is 47.4 Å². The van der Waals surface area contributed by atoms with Crippen LogP contribution in [0.15, 0.2) is 54.6 Å². The van der Waals surface area contributed by atoms with Crippen LogP contribution < -0.4 is 12.5 Å². The third-order valence-electron chi connectivity index (χ3n) is 2.70. The van der Waals surface area contributed by atoms with Crippen LogP contribution in [0.2, 0.25) is 9.29 Å². The number of rotatable bonds is 3. The molecular weight excluding hydrogens is 411 g/mol. The van der Waals surface area contributed by atoms with E-state index in [0.29, 0.717) is 3.46 Å². The first-order chi connectivity index (χ1) is 8.96. The second-order valence-corrected chi connectivity index (χ2v) is 15.1. The summed E-state index contributed by atoms with van der Waals surface area (Å²) in [5, 5.41) is 0. The summed E-state index contributed by atoms with van der Waals surface area (Å²) in [5.74, 6) is 2.41. The molecule has 100 valence electrons. The Kier molecular flexibility index (Phi) is 5.15. The fraction of sp³-hybridized carbons (Fsp3) is 0.294. The monoisotopic (exact) mass is 435 g/mol. The maximum atomic E-state index is 2.41. The van der Waals surface area contributed by atoms with Crippen molar-refractivity contribution in [1.82, 2.24) is 0 Å². The van der Waals surface area contributed by atoms with Gasteiger partial charge in [-0.3, -0.25) is 0 Å². The van der Waals surface area contributed by atoms with Crippen LogP contribution in [-0.2, 0) is 0 Å². The molecule has 0 fully saturated rings. The summed E-state index contributed by atoms with van der Waals surface area (Å²) in [5.41, 5.74) is 0. The van der Waals surface area contributed by atoms with E-state index < -0.39 is 13.9 Å². The second-order valence-electron chi connectivity index (χ2n) is 5.51. The molecule has 19 heavy (non-hydrogen) atoms. The summed E-state index contributed by atoms with van der Waals surface area (Å²) < 4.78 is 5.13. The molecule has 0 aromatic heterocycles. The molecule has 2 rings (SSSR count). The summed E-state index contributed by atoms with van der Waals surface area (Å²) in [7, 11) is 0. The SMILES string of the molecule is C[Se+](c1ccccc1)c1ccc([Te]C(C)(C)C)cc1. The molecule has 0 nitrogen and oxygen atoms in total. The molecule has 0 N–H and O–H groups in total. The van der Waals surface area contributed by atoms with Crippen LogP contribution in [0, 0.1) is 0 Å². The van der Waals surface area contributed by atoms with E-state index in [0.717, 1.165) is 0 Å². The van der Waals surface area contributed by atoms with Gasteiger partial charge in [-0.2, -0.15) is 0 Å². The van der Waals surface area contributed by atoms with Gasteiger partial charge in [-0.15, -0.1) is 0 Å². The molecule has 2 aromatic carbocycles. The van der Waals surface area contributed by atoms with E-state index in [1.165, 1.54) is 8.92 Å². The zero-order valence-corrected chi connectivity index (χ0v) is 16.1. The molecule has 0 saturated carbocycles. The molecule has 0 aliphatic carbocycles. The van der Waals surface area contributed by atoms with Crippen LogP contribution in [0.5, 0.6) is 0 Å². The van der Waals surface area contributed by atoms with Crippen LogP contribution in [0.3, 0.4) is 0 Å². The predicted molar refractivity (Wildman–Crippen MR) is 88.9 cm³/mol. The maximum absolute atomic E-state index is 2.41. The first-order valence-corrected chi connectivity index (χ1v) is 12.2. The molecule has 0 bridgehead atoms. The van der Waals surface area contributed by atoms with Crippen molar-refractivity contribution in [1.29, 1.82) is 0 Å². The topological polar surface area (TPSA) is 0 Å². The van der Waals surface area contributed by atoms with E-state index in [1.807, 2.05) is 0 Å². The summed E-state index contributed by atoms with van der Waals surface area (Å²) in [6, 6.07) is 20.4. The Morgan fingerprint density at radius 3 is 1.84 bits per heavy atom. The Labute approximate surface area is 131 Å². The van der Waals surface area contributed by atoms with Gasteiger partial charge in [0.05, 0.1) is 0 Å². The normalized spacial score (nSPS) is 13.3. The van der Waals surface area contributed by atoms with Crippen molar-refractivity contribution < 1.29 is 0 Å². The molecule has 0 aliphatic heterocycles. The Morgan fingerprint density at radius 1 is 0.789 bits per heavy atom. The van der Waals surface area contributed by atoms with Crippen LogP contribution in [0.25, 0.3) is 0 Å². The van der Waals surface area contributed by atoms with Gasteiger partial charge in [-0.25, -0.2) is 0 Å². The van der Waals surface area contributed by atoms with Crippen LogP contribution in [0.1, 0.15) is 20.8 Å². The Morgan fingerprint density at radius 2 is 1.32 bits per heavy atom. The predicted octanol–water partition coefficient (Wildman–Crippen LogP) is 2.47. The van der Waals surface area contributed by atoms with Gasteiger partial charge in [0.2, 0.25) is 0 Å². The molecule has 0 aliphatic rings. The molecule has 1 unspecified atom stereocenters. The zero-order valence-electron chi connectivity index (χ0n) is 12.0. The fourth-order valence-electron chi connectivity index (χ4n) is 1.83. The summed E-state index contributed by atoms with van der Waals surface area (Å²) in [4.78, 5) is 0. The van der Waals surface area contributed by atoms with Gasteiger partial charge in [-0.05, 0) is 0 Å². The van der Waals surface area contributed by atoms with Gasteiger partial charge in [-0.1, -0.05) is 0 Å². The van der Waals surface area contributed by atoms with Gasteiger partial charge in [0.15, 0.2) is 0 Å². The third-order valence-corrected chi connectivity index (χ3v) is 10.0. The molecule has 0 saturated heterocycles. The van der Waals surface area contributed by atoms with Crippen molar-refractivity contribution in [2.24, 2.45) is 0 Å². The quantitative estimate of drug-likeness (QED) is 0.655. The Bertz CT molecular complexity index is 511. The average Bonchev–Trinajstić information content (AvgIpc) is 2.38. The van der Waals surface area contributed by atoms with Crippen molar-refractivity contribution in [3.05, 3.63) is 54.6 Å². The van der Waals surface area contributed by atoms with E-state index in [4.69, 9.17) is 0 Å². The second kappa shape index (κ2) is 6.47. The Balaban J connectivity index is 2.15. The molecule has 2 aromatic rings. The summed E-state index contributed by atoms with van der Waals surface area (Å²) >= 11 is -0.911. The van der Waals surface area contributed by atoms with Crippen LogP contribution in [-0.4, -0.2) is 34.8 Å². The van der Waals surface area contributed by atoms with Crippen molar-refractivity contribution in [3.8, 4) is 0 Å². The number of hydrogen-bond acceptors (Lipinski definition) is 0. The van der Waals surface area contributed by atoms with Gasteiger partial charge >= 0.3 is 132 Å². The van der Waals surface area contributed by atoms with Crippen LogP contribution in [0.4, 0.5) is 0 Å². The van der Waals surface area contributed by atoms with E-state index in [-0.39, 0.29) is 20.9 Å². The zero-order chi connectivity index (χ0) is 13.9. The molecule has 2 heteroatoms. The number of benzene rings is 2. The molecule has 0 spiro atoms. The summed E-state index contributed by atoms with van der Waals surface area (Å²) in [6.45, 7) is 7.05.